The topological polar surface area (TPSA) is 103 Å². The van der Waals surface area contributed by atoms with E-state index in [1.165, 1.54) is 0 Å². The van der Waals surface area contributed by atoms with Gasteiger partial charge >= 0.3 is 18.1 Å². The molecule has 4 aromatic rings. The molecule has 0 aliphatic rings. The fraction of sp³-hybridized carbons (Fsp3) is 0.0417. The first-order valence-electron chi connectivity index (χ1n) is 9.33. The van der Waals surface area contributed by atoms with Crippen LogP contribution in [0.25, 0.3) is 22.0 Å². The minimum absolute atomic E-state index is 0.237. The number of H-pyrrole nitrogens is 1. The summed E-state index contributed by atoms with van der Waals surface area (Å²) in [7, 11) is 0. The number of aliphatic carboxylic acids is 1. The second-order valence-corrected chi connectivity index (χ2v) is 6.60. The molecular formula is C24H15F3N2O4. The molecule has 0 saturated carbocycles. The summed E-state index contributed by atoms with van der Waals surface area (Å²) in [6.07, 6.45) is 0.137. The van der Waals surface area contributed by atoms with Crippen LogP contribution in [-0.4, -0.2) is 38.3 Å². The lowest BCUT2D eigenvalue weighted by Crippen LogP contribution is -2.21. The first-order valence-corrected chi connectivity index (χ1v) is 9.33. The Morgan fingerprint density at radius 3 is 2.27 bits per heavy atom. The van der Waals surface area contributed by atoms with E-state index in [1.807, 2.05) is 48.7 Å². The number of hydrogen-bond acceptors (Lipinski definition) is 3. The number of nitrogens with one attached hydrogen (secondary N) is 1. The molecule has 0 spiro atoms. The summed E-state index contributed by atoms with van der Waals surface area (Å²) in [5.74, 6) is 2.47. The number of nitrogens with zero attached hydrogens (tertiary/aromatic N) is 1. The number of aromatic carboxylic acids is 1. The largest absolute Gasteiger partial charge is 0.490 e. The molecule has 2 heterocycles. The highest BCUT2D eigenvalue weighted by Gasteiger charge is 2.38. The fourth-order valence-electron chi connectivity index (χ4n) is 2.93. The van der Waals surface area contributed by atoms with Crippen molar-refractivity contribution in [3.05, 3.63) is 89.9 Å². The monoisotopic (exact) mass is 452 g/mol. The van der Waals surface area contributed by atoms with E-state index in [0.29, 0.717) is 11.1 Å². The van der Waals surface area contributed by atoms with Crippen LogP contribution in [0.4, 0.5) is 13.2 Å². The summed E-state index contributed by atoms with van der Waals surface area (Å²) in [5, 5.41) is 17.8. The van der Waals surface area contributed by atoms with E-state index >= 15 is 0 Å². The Labute approximate surface area is 185 Å². The molecule has 0 atom stereocenters. The lowest BCUT2D eigenvalue weighted by atomic mass is 9.93. The minimum Gasteiger partial charge on any atom is -0.478 e. The highest BCUT2D eigenvalue weighted by atomic mass is 19.4. The molecule has 2 aromatic carbocycles. The maximum absolute atomic E-state index is 11.8. The summed E-state index contributed by atoms with van der Waals surface area (Å²) in [4.78, 5) is 27.8. The first-order chi connectivity index (χ1) is 15.7. The summed E-state index contributed by atoms with van der Waals surface area (Å²) >= 11 is 0. The quantitative estimate of drug-likeness (QED) is 0.373. The predicted molar refractivity (Wildman–Crippen MR) is 115 cm³/mol. The number of alkyl halides is 3. The number of carboxylic acids is 2. The standard InChI is InChI=1S/C22H14N2O2.C2HF3O2/c25-22(26)19-3-1-2-16(5-4-15-8-11-23-12-9-15)21(19)18-6-7-20-17(14-18)10-13-24-20;3-2(4,5)1(6)7/h1-3,6-14,24H,(H,25,26);(H,6,7). The number of benzene rings is 2. The fourth-order valence-corrected chi connectivity index (χ4v) is 2.93. The molecule has 166 valence electrons. The number of pyridine rings is 1. The Morgan fingerprint density at radius 1 is 0.939 bits per heavy atom. The van der Waals surface area contributed by atoms with Gasteiger partial charge in [0, 0.05) is 40.8 Å². The van der Waals surface area contributed by atoms with Gasteiger partial charge in [-0.05, 0) is 53.4 Å². The van der Waals surface area contributed by atoms with Crippen molar-refractivity contribution in [2.24, 2.45) is 0 Å². The molecule has 3 N–H and O–H groups in total. The SMILES string of the molecule is O=C(O)C(F)(F)F.O=C(O)c1cccc(C#Cc2ccncc2)c1-c1ccc2[nH]ccc2c1. The molecule has 0 aliphatic carbocycles. The van der Waals surface area contributed by atoms with Gasteiger partial charge in [-0.1, -0.05) is 24.0 Å². The molecule has 0 radical (unpaired) electrons. The van der Waals surface area contributed by atoms with Crippen LogP contribution < -0.4 is 0 Å². The van der Waals surface area contributed by atoms with Crippen LogP contribution in [0, 0.1) is 11.8 Å². The predicted octanol–water partition coefficient (Wildman–Crippen LogP) is 4.96. The zero-order valence-corrected chi connectivity index (χ0v) is 16.7. The number of rotatable bonds is 2. The van der Waals surface area contributed by atoms with Crippen LogP contribution in [0.2, 0.25) is 0 Å². The summed E-state index contributed by atoms with van der Waals surface area (Å²) in [6.45, 7) is 0. The molecule has 2 aromatic heterocycles. The van der Waals surface area contributed by atoms with E-state index in [9.17, 15) is 23.1 Å². The molecule has 6 nitrogen and oxygen atoms in total. The highest BCUT2D eigenvalue weighted by molar-refractivity contribution is 5.99. The second kappa shape index (κ2) is 9.70. The highest BCUT2D eigenvalue weighted by Crippen LogP contribution is 2.30. The molecule has 0 bridgehead atoms. The van der Waals surface area contributed by atoms with E-state index in [0.717, 1.165) is 22.0 Å². The Kier molecular flexibility index (Phi) is 6.79. The molecule has 0 unspecified atom stereocenters. The minimum atomic E-state index is -5.08. The van der Waals surface area contributed by atoms with Crippen molar-refractivity contribution in [2.75, 3.05) is 0 Å². The third kappa shape index (κ3) is 5.77. The van der Waals surface area contributed by atoms with Crippen molar-refractivity contribution in [3.63, 3.8) is 0 Å². The van der Waals surface area contributed by atoms with Crippen molar-refractivity contribution in [1.82, 2.24) is 9.97 Å². The van der Waals surface area contributed by atoms with E-state index in [4.69, 9.17) is 9.90 Å². The van der Waals surface area contributed by atoms with Gasteiger partial charge in [-0.15, -0.1) is 0 Å². The first kappa shape index (κ1) is 23.1. The molecule has 0 amide bonds. The molecule has 0 saturated heterocycles. The van der Waals surface area contributed by atoms with Crippen LogP contribution in [-0.2, 0) is 4.79 Å². The van der Waals surface area contributed by atoms with Gasteiger partial charge in [0.1, 0.15) is 0 Å². The Bertz CT molecular complexity index is 1370. The van der Waals surface area contributed by atoms with Gasteiger partial charge in [0.25, 0.3) is 0 Å². The maximum atomic E-state index is 11.8. The number of aromatic amines is 1. The molecular weight excluding hydrogens is 437 g/mol. The van der Waals surface area contributed by atoms with Gasteiger partial charge in [0.05, 0.1) is 5.56 Å². The average molecular weight is 452 g/mol. The van der Waals surface area contributed by atoms with Crippen LogP contribution in [0.3, 0.4) is 0 Å². The lowest BCUT2D eigenvalue weighted by molar-refractivity contribution is -0.192. The van der Waals surface area contributed by atoms with E-state index < -0.39 is 18.1 Å². The Hall–Kier alpha value is -4.58. The van der Waals surface area contributed by atoms with Gasteiger partial charge < -0.3 is 15.2 Å². The smallest absolute Gasteiger partial charge is 0.478 e. The molecule has 33 heavy (non-hydrogen) atoms. The maximum Gasteiger partial charge on any atom is 0.490 e. The second-order valence-electron chi connectivity index (χ2n) is 6.60. The van der Waals surface area contributed by atoms with Crippen LogP contribution in [0.5, 0.6) is 0 Å². The van der Waals surface area contributed by atoms with Gasteiger partial charge in [0.15, 0.2) is 0 Å². The molecule has 0 aliphatic heterocycles. The Morgan fingerprint density at radius 2 is 1.64 bits per heavy atom. The van der Waals surface area contributed by atoms with Crippen molar-refractivity contribution in [2.45, 2.75) is 6.18 Å². The Balaban J connectivity index is 0.000000383. The number of hydrogen-bond donors (Lipinski definition) is 3. The van der Waals surface area contributed by atoms with Gasteiger partial charge in [0.2, 0.25) is 0 Å². The number of halogens is 3. The zero-order valence-electron chi connectivity index (χ0n) is 16.7. The van der Waals surface area contributed by atoms with Crippen molar-refractivity contribution >= 4 is 22.8 Å². The molecule has 4 rings (SSSR count). The summed E-state index contributed by atoms with van der Waals surface area (Å²) in [5.41, 5.74) is 4.20. The number of aromatic nitrogens is 2. The van der Waals surface area contributed by atoms with Crippen LogP contribution in [0.1, 0.15) is 21.5 Å². The van der Waals surface area contributed by atoms with Crippen LogP contribution >= 0.6 is 0 Å². The molecule has 0 fully saturated rings. The van der Waals surface area contributed by atoms with Crippen LogP contribution in [0.15, 0.2) is 73.2 Å². The van der Waals surface area contributed by atoms with Gasteiger partial charge in [-0.25, -0.2) is 9.59 Å². The van der Waals surface area contributed by atoms with E-state index in [-0.39, 0.29) is 5.56 Å². The summed E-state index contributed by atoms with van der Waals surface area (Å²) in [6, 6.07) is 16.6. The van der Waals surface area contributed by atoms with Crippen molar-refractivity contribution in [1.29, 1.82) is 0 Å². The average Bonchev–Trinajstić information content (AvgIpc) is 3.25. The number of carbonyl (C=O) groups is 2. The van der Waals surface area contributed by atoms with E-state index in [2.05, 4.69) is 21.8 Å². The van der Waals surface area contributed by atoms with Gasteiger partial charge in [-0.3, -0.25) is 4.98 Å². The normalized spacial score (nSPS) is 10.5. The summed E-state index contributed by atoms with van der Waals surface area (Å²) < 4.78 is 31.7. The third-order valence-electron chi connectivity index (χ3n) is 4.40. The zero-order chi connectivity index (χ0) is 24.0. The van der Waals surface area contributed by atoms with Crippen molar-refractivity contribution < 1.29 is 33.0 Å². The molecule has 9 heteroatoms. The van der Waals surface area contributed by atoms with Gasteiger partial charge in [-0.2, -0.15) is 13.2 Å². The number of carboxylic acid groups (broad SMARTS) is 2. The number of fused-ring (bicyclic) bond motifs is 1. The van der Waals surface area contributed by atoms with E-state index in [1.54, 1.807) is 24.5 Å². The lowest BCUT2D eigenvalue weighted by Gasteiger charge is -2.09. The third-order valence-corrected chi connectivity index (χ3v) is 4.40. The van der Waals surface area contributed by atoms with Crippen molar-refractivity contribution in [3.8, 4) is 23.0 Å².